The smallest absolute Gasteiger partial charge is 0.326 e. The monoisotopic (exact) mass is 1030 g/mol. The van der Waals surface area contributed by atoms with Crippen LogP contribution in [0.25, 0.3) is 10.9 Å². The number of likely N-dealkylation sites (tertiary alicyclic amines) is 1. The zero-order valence-corrected chi connectivity index (χ0v) is 43.1. The van der Waals surface area contributed by atoms with E-state index in [1.807, 2.05) is 45.9 Å². The number of nitrogens with zero attached hydrogens (tertiary/aromatic N) is 1. The fourth-order valence-corrected chi connectivity index (χ4v) is 8.02. The molecule has 0 spiro atoms. The number of carbonyl (C=O) groups is 11. The molecule has 0 radical (unpaired) electrons. The van der Waals surface area contributed by atoms with Gasteiger partial charge >= 0.3 is 11.9 Å². The maximum atomic E-state index is 14.0. The number of hydrogen-bond acceptors (Lipinski definition) is 12. The number of para-hydroxylation sites is 1. The molecule has 0 aliphatic carbocycles. The summed E-state index contributed by atoms with van der Waals surface area (Å²) in [5.41, 5.74) is 7.29. The molecule has 1 aromatic carbocycles. The Hall–Kier alpha value is -7.11. The predicted octanol–water partition coefficient (Wildman–Crippen LogP) is -0.704. The SMILES string of the molecule is CC(C)C[C@H](NC(=O)[C@H](CC(C)C)NC(=O)[C@@H]1CCCN1C(=O)[C@H](CCC(=O)O)NC(=O)CNC(=O)[C@H](C)NC(=O)[C@H](C)NC(=O)[C@@H](N)C(C)C)C(=O)N[C@@H](C)C(=O)N[C@@H](Cc1c[nH]c2ccccc12)C(=O)O. The number of hydrogen-bond donors (Lipinski definition) is 12. The van der Waals surface area contributed by atoms with E-state index in [1.165, 1.54) is 25.7 Å². The van der Waals surface area contributed by atoms with E-state index in [-0.39, 0.29) is 56.4 Å². The van der Waals surface area contributed by atoms with Crippen LogP contribution < -0.4 is 48.3 Å². The van der Waals surface area contributed by atoms with Gasteiger partial charge in [0.15, 0.2) is 0 Å². The number of aromatic amines is 1. The van der Waals surface area contributed by atoms with Crippen molar-refractivity contribution in [2.75, 3.05) is 13.1 Å². The van der Waals surface area contributed by atoms with Crippen LogP contribution in [0, 0.1) is 17.8 Å². The van der Waals surface area contributed by atoms with E-state index >= 15 is 0 Å². The van der Waals surface area contributed by atoms with Gasteiger partial charge in [0, 0.05) is 36.5 Å². The van der Waals surface area contributed by atoms with Crippen LogP contribution in [0.5, 0.6) is 0 Å². The Labute approximate surface area is 424 Å². The topological polar surface area (TPSA) is 370 Å². The van der Waals surface area contributed by atoms with Gasteiger partial charge in [-0.3, -0.25) is 47.9 Å². The van der Waals surface area contributed by atoms with E-state index in [9.17, 15) is 63.0 Å². The highest BCUT2D eigenvalue weighted by Crippen LogP contribution is 2.22. The van der Waals surface area contributed by atoms with Gasteiger partial charge in [0.25, 0.3) is 0 Å². The Bertz CT molecular complexity index is 2320. The number of carboxylic acid groups (broad SMARTS) is 2. The van der Waals surface area contributed by atoms with Crippen LogP contribution >= 0.6 is 0 Å². The molecular weight excluding hydrogens is 951 g/mol. The lowest BCUT2D eigenvalue weighted by Gasteiger charge is -2.30. The number of nitrogens with one attached hydrogen (secondary N) is 9. The number of H-pyrrole nitrogens is 1. The molecule has 24 heteroatoms. The molecule has 1 fully saturated rings. The van der Waals surface area contributed by atoms with E-state index in [4.69, 9.17) is 5.73 Å². The third-order valence-electron chi connectivity index (χ3n) is 12.2. The standard InChI is InChI=1S/C49H75N11O13/c1-24(2)19-34(44(67)54-29(9)43(66)59-36(49(72)73)21-30-22-51-32-14-11-10-13-31(30)32)57-45(68)35(20-25(3)4)58-46(69)37-15-12-18-60(37)48(71)33(16-17-39(62)63)56-38(61)23-52-41(64)27(7)53-42(65)28(8)55-47(70)40(50)26(5)6/h10-11,13-14,22,24-29,33-37,40,51H,12,15-21,23,50H2,1-9H3,(H,52,64)(H,53,65)(H,54,67)(H,55,70)(H,56,61)(H,57,68)(H,58,69)(H,59,66)(H,62,63)(H,72,73)/t27-,28-,29-,33-,34-,35-,36-,37-,40-/m0/s1. The molecule has 1 saturated heterocycles. The van der Waals surface area contributed by atoms with Gasteiger partial charge in [-0.25, -0.2) is 4.79 Å². The van der Waals surface area contributed by atoms with Gasteiger partial charge in [-0.05, 0) is 82.3 Å². The summed E-state index contributed by atoms with van der Waals surface area (Å²) in [7, 11) is 0. The van der Waals surface area contributed by atoms with Gasteiger partial charge in [0.1, 0.15) is 48.3 Å². The van der Waals surface area contributed by atoms with E-state index in [0.717, 1.165) is 10.9 Å². The third-order valence-corrected chi connectivity index (χ3v) is 12.2. The summed E-state index contributed by atoms with van der Waals surface area (Å²) in [6, 6.07) is -3.33. The van der Waals surface area contributed by atoms with Crippen molar-refractivity contribution >= 4 is 76.0 Å². The van der Waals surface area contributed by atoms with E-state index < -0.39 is 132 Å². The Kier molecular flexibility index (Phi) is 23.3. The molecule has 9 amide bonds. The number of aliphatic carboxylic acids is 2. The largest absolute Gasteiger partial charge is 0.481 e. The average Bonchev–Trinajstić information content (AvgIpc) is 3.98. The molecule has 2 heterocycles. The second-order valence-corrected chi connectivity index (χ2v) is 19.8. The Morgan fingerprint density at radius 2 is 1.19 bits per heavy atom. The summed E-state index contributed by atoms with van der Waals surface area (Å²) in [5.74, 6) is -9.71. The maximum absolute atomic E-state index is 14.0. The first-order chi connectivity index (χ1) is 34.2. The van der Waals surface area contributed by atoms with Crippen molar-refractivity contribution in [2.45, 2.75) is 162 Å². The van der Waals surface area contributed by atoms with Gasteiger partial charge < -0.3 is 68.4 Å². The van der Waals surface area contributed by atoms with Crippen LogP contribution in [0.4, 0.5) is 0 Å². The first kappa shape index (κ1) is 60.2. The molecule has 2 aromatic rings. The summed E-state index contributed by atoms with van der Waals surface area (Å²) >= 11 is 0. The van der Waals surface area contributed by atoms with Crippen molar-refractivity contribution in [3.63, 3.8) is 0 Å². The van der Waals surface area contributed by atoms with Crippen LogP contribution in [0.15, 0.2) is 30.5 Å². The number of rotatable bonds is 28. The fraction of sp³-hybridized carbons (Fsp3) is 0.612. The number of aromatic nitrogens is 1. The van der Waals surface area contributed by atoms with Gasteiger partial charge in [-0.15, -0.1) is 0 Å². The molecular formula is C49H75N11O13. The van der Waals surface area contributed by atoms with Crippen LogP contribution in [-0.2, 0) is 59.2 Å². The van der Waals surface area contributed by atoms with Crippen molar-refractivity contribution < 1.29 is 63.0 Å². The molecule has 1 aliphatic heterocycles. The first-order valence-electron chi connectivity index (χ1n) is 24.6. The van der Waals surface area contributed by atoms with Crippen molar-refractivity contribution in [1.29, 1.82) is 0 Å². The number of carbonyl (C=O) groups excluding carboxylic acids is 9. The number of carboxylic acids is 2. The van der Waals surface area contributed by atoms with Crippen LogP contribution in [0.3, 0.4) is 0 Å². The summed E-state index contributed by atoms with van der Waals surface area (Å²) < 4.78 is 0. The lowest BCUT2D eigenvalue weighted by Crippen LogP contribution is -2.59. The zero-order chi connectivity index (χ0) is 54.9. The summed E-state index contributed by atoms with van der Waals surface area (Å²) in [5, 5.41) is 40.4. The normalized spacial score (nSPS) is 16.7. The minimum atomic E-state index is -1.45. The maximum Gasteiger partial charge on any atom is 0.326 e. The van der Waals surface area contributed by atoms with Crippen LogP contribution in [0.1, 0.15) is 106 Å². The molecule has 404 valence electrons. The highest BCUT2D eigenvalue weighted by atomic mass is 16.4. The van der Waals surface area contributed by atoms with Crippen molar-refractivity contribution in [1.82, 2.24) is 52.4 Å². The molecule has 13 N–H and O–H groups in total. The Balaban J connectivity index is 1.66. The first-order valence-corrected chi connectivity index (χ1v) is 24.6. The van der Waals surface area contributed by atoms with Gasteiger partial charge in [-0.1, -0.05) is 59.7 Å². The molecule has 1 aromatic heterocycles. The average molecular weight is 1030 g/mol. The second-order valence-electron chi connectivity index (χ2n) is 19.8. The molecule has 0 bridgehead atoms. The molecule has 24 nitrogen and oxygen atoms in total. The fourth-order valence-electron chi connectivity index (χ4n) is 8.02. The molecule has 73 heavy (non-hydrogen) atoms. The zero-order valence-electron chi connectivity index (χ0n) is 43.1. The second kappa shape index (κ2) is 28.2. The minimum Gasteiger partial charge on any atom is -0.481 e. The quantitative estimate of drug-likeness (QED) is 0.0502. The van der Waals surface area contributed by atoms with Crippen molar-refractivity contribution in [3.05, 3.63) is 36.0 Å². The lowest BCUT2D eigenvalue weighted by molar-refractivity contribution is -0.143. The summed E-state index contributed by atoms with van der Waals surface area (Å²) in [6.07, 6.45) is 1.42. The van der Waals surface area contributed by atoms with Crippen LogP contribution in [-0.4, -0.2) is 153 Å². The third kappa shape index (κ3) is 18.8. The van der Waals surface area contributed by atoms with Crippen molar-refractivity contribution in [3.8, 4) is 0 Å². The Morgan fingerprint density at radius 1 is 0.658 bits per heavy atom. The number of amides is 9. The van der Waals surface area contributed by atoms with Crippen molar-refractivity contribution in [2.24, 2.45) is 23.5 Å². The lowest BCUT2D eigenvalue weighted by atomic mass is 9.99. The summed E-state index contributed by atoms with van der Waals surface area (Å²) in [6.45, 7) is 14.2. The van der Waals surface area contributed by atoms with E-state index in [1.54, 1.807) is 26.1 Å². The molecule has 1 aliphatic rings. The van der Waals surface area contributed by atoms with Gasteiger partial charge in [0.2, 0.25) is 53.2 Å². The highest BCUT2D eigenvalue weighted by molar-refractivity contribution is 5.98. The number of nitrogens with two attached hydrogens (primary N) is 1. The minimum absolute atomic E-state index is 0.0403. The van der Waals surface area contributed by atoms with E-state index in [0.29, 0.717) is 12.0 Å². The van der Waals surface area contributed by atoms with Crippen LogP contribution in [0.2, 0.25) is 0 Å². The molecule has 0 saturated carbocycles. The predicted molar refractivity (Wildman–Crippen MR) is 267 cm³/mol. The Morgan fingerprint density at radius 3 is 1.78 bits per heavy atom. The van der Waals surface area contributed by atoms with Gasteiger partial charge in [0.05, 0.1) is 12.6 Å². The highest BCUT2D eigenvalue weighted by Gasteiger charge is 2.40. The molecule has 9 atom stereocenters. The number of benzene rings is 1. The van der Waals surface area contributed by atoms with Gasteiger partial charge in [-0.2, -0.15) is 0 Å². The summed E-state index contributed by atoms with van der Waals surface area (Å²) in [4.78, 5) is 148. The van der Waals surface area contributed by atoms with E-state index in [2.05, 4.69) is 47.5 Å². The number of fused-ring (bicyclic) bond motifs is 1. The molecule has 0 unspecified atom stereocenters. The molecule has 3 rings (SSSR count).